The molecule has 0 aromatic heterocycles. The van der Waals surface area contributed by atoms with Crippen molar-refractivity contribution in [3.8, 4) is 0 Å². The minimum absolute atomic E-state index is 0.0124. The summed E-state index contributed by atoms with van der Waals surface area (Å²) in [6.45, 7) is 10.8. The van der Waals surface area contributed by atoms with E-state index < -0.39 is 29.6 Å². The third-order valence-electron chi connectivity index (χ3n) is 11.1. The number of fused-ring (bicyclic) bond motifs is 1. The number of anilines is 1. The number of rotatable bonds is 5. The number of aryl methyl sites for hydroxylation is 2. The molecule has 4 fully saturated rings. The average molecular weight is 548 g/mol. The fourth-order valence-electron chi connectivity index (χ4n) is 8.21. The number of benzene rings is 1. The van der Waals surface area contributed by atoms with Crippen molar-refractivity contribution in [2.45, 2.75) is 109 Å². The molecule has 2 N–H and O–H groups in total. The first-order valence-electron chi connectivity index (χ1n) is 15.5. The smallest absolute Gasteiger partial charge is 0.246 e. The van der Waals surface area contributed by atoms with Gasteiger partial charge in [-0.15, -0.1) is 0 Å². The Morgan fingerprint density at radius 2 is 1.73 bits per heavy atom. The maximum Gasteiger partial charge on any atom is 0.246 e. The van der Waals surface area contributed by atoms with Gasteiger partial charge in [-0.05, 0) is 87.0 Å². The maximum absolute atomic E-state index is 14.4. The molecule has 40 heavy (non-hydrogen) atoms. The standard InChI is InChI=1S/C33H45N3O4/c1-18-9-13-24(14-10-18)36-29(31(38)35-25-8-6-7-20(3)22(25)5)33-16-15-26(40-33)27(28(33)32(36)39)30(37)34-23-12-11-19(2)21(4)17-23/h11-12,15-18,20,22,24-29H,6-10,13-14H2,1-5H3,(H,34,37)(H,35,38)/t18?,20-,22-,24?,25-,26+,27-,28+,29+,33+/m1/s1. The van der Waals surface area contributed by atoms with Crippen LogP contribution in [0.25, 0.3) is 0 Å². The number of likely N-dealkylation sites (tertiary alicyclic amines) is 1. The number of nitrogens with zero attached hydrogens (tertiary/aromatic N) is 1. The van der Waals surface area contributed by atoms with E-state index in [2.05, 4.69) is 31.4 Å². The minimum Gasteiger partial charge on any atom is -0.359 e. The molecule has 5 aliphatic rings. The van der Waals surface area contributed by atoms with Crippen molar-refractivity contribution in [3.05, 3.63) is 41.5 Å². The molecule has 7 nitrogen and oxygen atoms in total. The monoisotopic (exact) mass is 547 g/mol. The van der Waals surface area contributed by atoms with Crippen molar-refractivity contribution < 1.29 is 19.1 Å². The van der Waals surface area contributed by atoms with Gasteiger partial charge in [0.15, 0.2) is 0 Å². The predicted octanol–water partition coefficient (Wildman–Crippen LogP) is 4.91. The second-order valence-corrected chi connectivity index (χ2v) is 13.5. The summed E-state index contributed by atoms with van der Waals surface area (Å²) in [6, 6.07) is 5.16. The van der Waals surface area contributed by atoms with Gasteiger partial charge in [-0.25, -0.2) is 0 Å². The van der Waals surface area contributed by atoms with E-state index in [0.717, 1.165) is 49.7 Å². The third kappa shape index (κ3) is 4.40. The Labute approximate surface area is 238 Å². The van der Waals surface area contributed by atoms with Crippen LogP contribution in [0.15, 0.2) is 30.4 Å². The first-order chi connectivity index (χ1) is 19.1. The Hall–Kier alpha value is -2.67. The molecule has 0 unspecified atom stereocenters. The van der Waals surface area contributed by atoms with Gasteiger partial charge in [-0.3, -0.25) is 14.4 Å². The lowest BCUT2D eigenvalue weighted by molar-refractivity contribution is -0.145. The Kier molecular flexibility index (Phi) is 7.09. The molecule has 3 heterocycles. The maximum atomic E-state index is 14.4. The Morgan fingerprint density at radius 1 is 0.975 bits per heavy atom. The van der Waals surface area contributed by atoms with Gasteiger partial charge >= 0.3 is 0 Å². The van der Waals surface area contributed by atoms with Crippen LogP contribution in [-0.4, -0.2) is 52.5 Å². The van der Waals surface area contributed by atoms with E-state index in [0.29, 0.717) is 23.4 Å². The van der Waals surface area contributed by atoms with Gasteiger partial charge in [0.05, 0.1) is 17.9 Å². The van der Waals surface area contributed by atoms with E-state index in [-0.39, 0.29) is 29.8 Å². The highest BCUT2D eigenvalue weighted by atomic mass is 16.5. The van der Waals surface area contributed by atoms with Crippen molar-refractivity contribution in [1.29, 1.82) is 0 Å². The lowest BCUT2D eigenvalue weighted by atomic mass is 9.73. The molecule has 2 aliphatic carbocycles. The molecule has 0 radical (unpaired) electrons. The quantitative estimate of drug-likeness (QED) is 0.513. The molecule has 1 aromatic rings. The molecule has 2 bridgehead atoms. The lowest BCUT2D eigenvalue weighted by Gasteiger charge is -2.41. The Morgan fingerprint density at radius 3 is 2.45 bits per heavy atom. The number of ether oxygens (including phenoxy) is 1. The topological polar surface area (TPSA) is 87.7 Å². The summed E-state index contributed by atoms with van der Waals surface area (Å²) >= 11 is 0. The molecule has 2 saturated heterocycles. The minimum atomic E-state index is -1.11. The number of carbonyl (C=O) groups is 3. The summed E-state index contributed by atoms with van der Waals surface area (Å²) in [7, 11) is 0. The number of hydrogen-bond donors (Lipinski definition) is 2. The van der Waals surface area contributed by atoms with Gasteiger partial charge < -0.3 is 20.3 Å². The predicted molar refractivity (Wildman–Crippen MR) is 154 cm³/mol. The molecule has 1 spiro atoms. The van der Waals surface area contributed by atoms with Crippen molar-refractivity contribution >= 4 is 23.4 Å². The summed E-state index contributed by atoms with van der Waals surface area (Å²) in [4.78, 5) is 44.3. The van der Waals surface area contributed by atoms with Crippen LogP contribution in [-0.2, 0) is 19.1 Å². The summed E-state index contributed by atoms with van der Waals surface area (Å²) in [5.41, 5.74) is 1.86. The van der Waals surface area contributed by atoms with E-state index in [1.54, 1.807) is 0 Å². The van der Waals surface area contributed by atoms with E-state index >= 15 is 0 Å². The van der Waals surface area contributed by atoms with Gasteiger partial charge in [0, 0.05) is 17.8 Å². The number of amides is 3. The van der Waals surface area contributed by atoms with Crippen LogP contribution in [0.2, 0.25) is 0 Å². The highest BCUT2D eigenvalue weighted by molar-refractivity contribution is 6.03. The molecule has 6 rings (SSSR count). The summed E-state index contributed by atoms with van der Waals surface area (Å²) in [6.07, 6.45) is 10.4. The molecule has 3 aliphatic heterocycles. The average Bonchev–Trinajstić information content (AvgIpc) is 3.57. The molecule has 2 saturated carbocycles. The first-order valence-corrected chi connectivity index (χ1v) is 15.5. The van der Waals surface area contributed by atoms with Crippen LogP contribution < -0.4 is 10.6 Å². The van der Waals surface area contributed by atoms with Crippen molar-refractivity contribution in [3.63, 3.8) is 0 Å². The molecule has 7 heteroatoms. The SMILES string of the molecule is Cc1ccc(NC(=O)[C@@H]2[C@@H]3C=C[C@]4(O3)[C@@H]2C(=O)N(C2CCC(C)CC2)[C@H]4C(=O)N[C@@H]2CCC[C@@H](C)[C@H]2C)cc1C. The van der Waals surface area contributed by atoms with Crippen LogP contribution in [0.4, 0.5) is 5.69 Å². The summed E-state index contributed by atoms with van der Waals surface area (Å²) < 4.78 is 6.59. The Balaban J connectivity index is 1.31. The van der Waals surface area contributed by atoms with E-state index in [9.17, 15) is 14.4 Å². The summed E-state index contributed by atoms with van der Waals surface area (Å²) in [5.74, 6) is -0.277. The highest BCUT2D eigenvalue weighted by Gasteiger charge is 2.73. The normalized spacial score (nSPS) is 40.3. The number of hydrogen-bond acceptors (Lipinski definition) is 4. The van der Waals surface area contributed by atoms with Crippen LogP contribution in [0.1, 0.15) is 76.8 Å². The van der Waals surface area contributed by atoms with E-state index in [4.69, 9.17) is 4.74 Å². The Bertz CT molecular complexity index is 1220. The van der Waals surface area contributed by atoms with Crippen LogP contribution in [0.5, 0.6) is 0 Å². The largest absolute Gasteiger partial charge is 0.359 e. The van der Waals surface area contributed by atoms with E-state index in [1.807, 2.05) is 49.1 Å². The van der Waals surface area contributed by atoms with Crippen LogP contribution in [0.3, 0.4) is 0 Å². The molecule has 3 amide bonds. The van der Waals surface area contributed by atoms with Crippen molar-refractivity contribution in [2.24, 2.45) is 29.6 Å². The van der Waals surface area contributed by atoms with Gasteiger partial charge in [0.2, 0.25) is 17.7 Å². The lowest BCUT2D eigenvalue weighted by Crippen LogP contribution is -2.59. The fourth-order valence-corrected chi connectivity index (χ4v) is 8.21. The van der Waals surface area contributed by atoms with Crippen LogP contribution >= 0.6 is 0 Å². The molecule has 8 atom stereocenters. The second-order valence-electron chi connectivity index (χ2n) is 13.5. The van der Waals surface area contributed by atoms with Gasteiger partial charge in [-0.1, -0.05) is 51.8 Å². The summed E-state index contributed by atoms with van der Waals surface area (Å²) in [5, 5.41) is 6.44. The van der Waals surface area contributed by atoms with Gasteiger partial charge in [0.1, 0.15) is 11.6 Å². The highest BCUT2D eigenvalue weighted by Crippen LogP contribution is 2.56. The van der Waals surface area contributed by atoms with Gasteiger partial charge in [0.25, 0.3) is 0 Å². The zero-order chi connectivity index (χ0) is 28.3. The van der Waals surface area contributed by atoms with Crippen molar-refractivity contribution in [2.75, 3.05) is 5.32 Å². The number of carbonyl (C=O) groups excluding carboxylic acids is 3. The van der Waals surface area contributed by atoms with Crippen molar-refractivity contribution in [1.82, 2.24) is 10.2 Å². The first kappa shape index (κ1) is 27.5. The molecule has 1 aromatic carbocycles. The number of nitrogens with one attached hydrogen (secondary N) is 2. The molecular weight excluding hydrogens is 502 g/mol. The fraction of sp³-hybridized carbons (Fsp3) is 0.667. The zero-order valence-corrected chi connectivity index (χ0v) is 24.6. The van der Waals surface area contributed by atoms with E-state index in [1.165, 1.54) is 6.42 Å². The molecular formula is C33H45N3O4. The van der Waals surface area contributed by atoms with Gasteiger partial charge in [-0.2, -0.15) is 0 Å². The van der Waals surface area contributed by atoms with Crippen LogP contribution in [0, 0.1) is 43.4 Å². The molecule has 216 valence electrons. The third-order valence-corrected chi connectivity index (χ3v) is 11.1. The second kappa shape index (κ2) is 10.3. The zero-order valence-electron chi connectivity index (χ0n) is 24.6.